The molecule has 26 heavy (non-hydrogen) atoms. The Labute approximate surface area is 156 Å². The lowest BCUT2D eigenvalue weighted by Crippen LogP contribution is -2.32. The number of nitrogens with zero attached hydrogens (tertiary/aromatic N) is 2. The molecular formula is C22H28N2O2. The van der Waals surface area contributed by atoms with Crippen LogP contribution >= 0.6 is 0 Å². The molecule has 2 heterocycles. The number of hydrogen-bond acceptors (Lipinski definition) is 4. The van der Waals surface area contributed by atoms with Gasteiger partial charge in [-0.05, 0) is 57.0 Å². The van der Waals surface area contributed by atoms with Crippen molar-refractivity contribution < 1.29 is 9.47 Å². The summed E-state index contributed by atoms with van der Waals surface area (Å²) in [6.45, 7) is 5.21. The fraction of sp³-hybridized carbons (Fsp3) is 0.409. The summed E-state index contributed by atoms with van der Waals surface area (Å²) in [6.07, 6.45) is 8.69. The topological polar surface area (TPSA) is 34.6 Å². The second-order valence-corrected chi connectivity index (χ2v) is 6.89. The van der Waals surface area contributed by atoms with Crippen LogP contribution in [0.3, 0.4) is 0 Å². The molecule has 1 fully saturated rings. The van der Waals surface area contributed by atoms with E-state index in [9.17, 15) is 0 Å². The summed E-state index contributed by atoms with van der Waals surface area (Å²) in [5.41, 5.74) is 3.58. The molecule has 1 aliphatic heterocycles. The Bertz CT molecular complexity index is 750. The first-order valence-electron chi connectivity index (χ1n) is 9.22. The fourth-order valence-electron chi connectivity index (χ4n) is 3.50. The van der Waals surface area contributed by atoms with E-state index in [0.29, 0.717) is 5.92 Å². The lowest BCUT2D eigenvalue weighted by molar-refractivity contribution is 0.193. The number of pyridine rings is 1. The van der Waals surface area contributed by atoms with Crippen LogP contribution in [0.1, 0.15) is 29.5 Å². The molecule has 1 aromatic carbocycles. The van der Waals surface area contributed by atoms with Gasteiger partial charge < -0.3 is 9.47 Å². The average molecular weight is 352 g/mol. The van der Waals surface area contributed by atoms with Gasteiger partial charge in [-0.25, -0.2) is 4.98 Å². The maximum Gasteiger partial charge on any atom is 0.217 e. The van der Waals surface area contributed by atoms with Crippen molar-refractivity contribution in [2.24, 2.45) is 5.92 Å². The number of rotatable bonds is 6. The first-order valence-corrected chi connectivity index (χ1v) is 9.22. The smallest absolute Gasteiger partial charge is 0.217 e. The summed E-state index contributed by atoms with van der Waals surface area (Å²) in [5, 5.41) is 0. The van der Waals surface area contributed by atoms with Crippen LogP contribution in [0.2, 0.25) is 0 Å². The molecule has 0 unspecified atom stereocenters. The zero-order valence-corrected chi connectivity index (χ0v) is 15.9. The SMILES string of the molecule is COc1ccc(C)cc1/C=C/C1CCN(Cc2cccnc2OC)CC1. The standard InChI is InChI=1S/C22H28N2O2/c1-17-6-9-21(25-2)19(15-17)8-7-18-10-13-24(14-11-18)16-20-5-4-12-23-22(20)26-3/h4-9,12,15,18H,10-11,13-14,16H2,1-3H3/b8-7+. The van der Waals surface area contributed by atoms with Crippen molar-refractivity contribution in [3.05, 3.63) is 59.3 Å². The summed E-state index contributed by atoms with van der Waals surface area (Å²) in [5.74, 6) is 2.29. The van der Waals surface area contributed by atoms with Crippen LogP contribution in [0.25, 0.3) is 6.08 Å². The first-order chi connectivity index (χ1) is 12.7. The number of hydrogen-bond donors (Lipinski definition) is 0. The van der Waals surface area contributed by atoms with Crippen molar-refractivity contribution >= 4 is 6.08 Å². The van der Waals surface area contributed by atoms with E-state index in [1.165, 1.54) is 18.4 Å². The van der Waals surface area contributed by atoms with Gasteiger partial charge in [-0.1, -0.05) is 29.8 Å². The van der Waals surface area contributed by atoms with Crippen molar-refractivity contribution in [3.63, 3.8) is 0 Å². The van der Waals surface area contributed by atoms with Crippen LogP contribution in [-0.2, 0) is 6.54 Å². The third-order valence-electron chi connectivity index (χ3n) is 5.00. The second-order valence-electron chi connectivity index (χ2n) is 6.89. The summed E-state index contributed by atoms with van der Waals surface area (Å²) >= 11 is 0. The van der Waals surface area contributed by atoms with E-state index in [0.717, 1.165) is 42.4 Å². The number of methoxy groups -OCH3 is 2. The third kappa shape index (κ3) is 4.64. The van der Waals surface area contributed by atoms with E-state index in [4.69, 9.17) is 9.47 Å². The number of aromatic nitrogens is 1. The van der Waals surface area contributed by atoms with Gasteiger partial charge in [0.2, 0.25) is 5.88 Å². The third-order valence-corrected chi connectivity index (χ3v) is 5.00. The van der Waals surface area contributed by atoms with Gasteiger partial charge in [0.1, 0.15) is 5.75 Å². The molecule has 2 aromatic rings. The monoisotopic (exact) mass is 352 g/mol. The summed E-state index contributed by atoms with van der Waals surface area (Å²) in [4.78, 5) is 6.78. The van der Waals surface area contributed by atoms with E-state index < -0.39 is 0 Å². The molecule has 1 aromatic heterocycles. The lowest BCUT2D eigenvalue weighted by Gasteiger charge is -2.30. The molecule has 0 bridgehead atoms. The Hall–Kier alpha value is -2.33. The molecule has 0 aliphatic carbocycles. The van der Waals surface area contributed by atoms with E-state index in [-0.39, 0.29) is 0 Å². The van der Waals surface area contributed by atoms with Crippen molar-refractivity contribution in [1.29, 1.82) is 0 Å². The van der Waals surface area contributed by atoms with E-state index in [1.54, 1.807) is 20.4 Å². The second kappa shape index (κ2) is 8.86. The lowest BCUT2D eigenvalue weighted by atomic mass is 9.95. The Morgan fingerprint density at radius 3 is 2.69 bits per heavy atom. The van der Waals surface area contributed by atoms with Crippen LogP contribution in [0, 0.1) is 12.8 Å². The molecule has 0 atom stereocenters. The van der Waals surface area contributed by atoms with Crippen LogP contribution in [0.5, 0.6) is 11.6 Å². The number of piperidine rings is 1. The van der Waals surface area contributed by atoms with Gasteiger partial charge in [0, 0.05) is 23.9 Å². The molecule has 1 saturated heterocycles. The van der Waals surface area contributed by atoms with Gasteiger partial charge in [0.25, 0.3) is 0 Å². The van der Waals surface area contributed by atoms with Gasteiger partial charge in [-0.15, -0.1) is 0 Å². The molecule has 0 amide bonds. The molecule has 138 valence electrons. The minimum atomic E-state index is 0.618. The minimum Gasteiger partial charge on any atom is -0.496 e. The largest absolute Gasteiger partial charge is 0.496 e. The Kier molecular flexibility index (Phi) is 6.29. The molecule has 0 radical (unpaired) electrons. The Morgan fingerprint density at radius 1 is 1.15 bits per heavy atom. The van der Waals surface area contributed by atoms with Gasteiger partial charge in [0.15, 0.2) is 0 Å². The van der Waals surface area contributed by atoms with Crippen LogP contribution in [-0.4, -0.2) is 37.2 Å². The molecule has 0 spiro atoms. The molecule has 0 N–H and O–H groups in total. The van der Waals surface area contributed by atoms with Gasteiger partial charge in [-0.2, -0.15) is 0 Å². The summed E-state index contributed by atoms with van der Waals surface area (Å²) in [6, 6.07) is 10.4. The molecular weight excluding hydrogens is 324 g/mol. The zero-order chi connectivity index (χ0) is 18.4. The molecule has 4 nitrogen and oxygen atoms in total. The highest BCUT2D eigenvalue weighted by Gasteiger charge is 2.18. The number of aryl methyl sites for hydroxylation is 1. The Balaban J connectivity index is 1.56. The van der Waals surface area contributed by atoms with E-state index in [2.05, 4.69) is 47.2 Å². The minimum absolute atomic E-state index is 0.618. The normalized spacial score (nSPS) is 16.1. The maximum absolute atomic E-state index is 5.47. The first kappa shape index (κ1) is 18.5. The van der Waals surface area contributed by atoms with Gasteiger partial charge in [-0.3, -0.25) is 4.90 Å². The van der Waals surface area contributed by atoms with Crippen molar-refractivity contribution in [3.8, 4) is 11.6 Å². The highest BCUT2D eigenvalue weighted by Crippen LogP contribution is 2.26. The zero-order valence-electron chi connectivity index (χ0n) is 15.9. The van der Waals surface area contributed by atoms with Crippen molar-refractivity contribution in [2.75, 3.05) is 27.3 Å². The number of ether oxygens (including phenoxy) is 2. The van der Waals surface area contributed by atoms with Crippen LogP contribution < -0.4 is 9.47 Å². The Morgan fingerprint density at radius 2 is 1.96 bits per heavy atom. The summed E-state index contributed by atoms with van der Waals surface area (Å²) < 4.78 is 10.8. The van der Waals surface area contributed by atoms with Crippen molar-refractivity contribution in [2.45, 2.75) is 26.3 Å². The molecule has 3 rings (SSSR count). The van der Waals surface area contributed by atoms with Crippen molar-refractivity contribution in [1.82, 2.24) is 9.88 Å². The predicted molar refractivity (Wildman–Crippen MR) is 106 cm³/mol. The van der Waals surface area contributed by atoms with E-state index in [1.807, 2.05) is 12.1 Å². The predicted octanol–water partition coefficient (Wildman–Crippen LogP) is 4.33. The van der Waals surface area contributed by atoms with Crippen LogP contribution in [0.15, 0.2) is 42.6 Å². The van der Waals surface area contributed by atoms with Crippen LogP contribution in [0.4, 0.5) is 0 Å². The molecule has 1 aliphatic rings. The number of benzene rings is 1. The number of allylic oxidation sites excluding steroid dienone is 1. The quantitative estimate of drug-likeness (QED) is 0.775. The highest BCUT2D eigenvalue weighted by atomic mass is 16.5. The van der Waals surface area contributed by atoms with E-state index >= 15 is 0 Å². The highest BCUT2D eigenvalue weighted by molar-refractivity contribution is 5.58. The number of likely N-dealkylation sites (tertiary alicyclic amines) is 1. The van der Waals surface area contributed by atoms with Gasteiger partial charge >= 0.3 is 0 Å². The summed E-state index contributed by atoms with van der Waals surface area (Å²) in [7, 11) is 3.41. The average Bonchev–Trinajstić information content (AvgIpc) is 2.68. The maximum atomic E-state index is 5.47. The van der Waals surface area contributed by atoms with Gasteiger partial charge in [0.05, 0.1) is 14.2 Å². The molecule has 4 heteroatoms. The fourth-order valence-corrected chi connectivity index (χ4v) is 3.50. The molecule has 0 saturated carbocycles.